The van der Waals surface area contributed by atoms with Crippen molar-refractivity contribution < 1.29 is 14.0 Å². The molecule has 3 rings (SSSR count). The Hall–Kier alpha value is -2.45. The number of thiophene rings is 1. The molecule has 3 heterocycles. The van der Waals surface area contributed by atoms with Gasteiger partial charge in [0.25, 0.3) is 5.91 Å². The molecule has 0 bridgehead atoms. The van der Waals surface area contributed by atoms with E-state index in [1.165, 1.54) is 5.01 Å². The molecule has 2 aromatic heterocycles. The number of hydrazone groups is 1. The molecule has 1 atom stereocenters. The lowest BCUT2D eigenvalue weighted by Crippen LogP contribution is -2.40. The van der Waals surface area contributed by atoms with Gasteiger partial charge in [-0.1, -0.05) is 6.07 Å². The quantitative estimate of drug-likeness (QED) is 0.850. The maximum absolute atomic E-state index is 12.8. The highest BCUT2D eigenvalue weighted by atomic mass is 32.1. The van der Waals surface area contributed by atoms with Gasteiger partial charge in [-0.3, -0.25) is 14.5 Å². The molecule has 1 aliphatic heterocycles. The first-order valence-corrected chi connectivity index (χ1v) is 8.82. The first-order valence-electron chi connectivity index (χ1n) is 7.94. The number of carbonyl (C=O) groups excluding carboxylic acids is 2. The molecule has 0 aromatic carbocycles. The topological polar surface area (TPSA) is 78.2 Å². The maximum atomic E-state index is 12.8. The van der Waals surface area contributed by atoms with Crippen molar-refractivity contribution in [2.24, 2.45) is 5.10 Å². The minimum Gasteiger partial charge on any atom is -0.467 e. The van der Waals surface area contributed by atoms with Crippen molar-refractivity contribution in [2.75, 3.05) is 27.2 Å². The predicted molar refractivity (Wildman–Crippen MR) is 95.3 cm³/mol. The maximum Gasteiger partial charge on any atom is 0.257 e. The lowest BCUT2D eigenvalue weighted by Gasteiger charge is -2.22. The van der Waals surface area contributed by atoms with Gasteiger partial charge in [0.15, 0.2) is 0 Å². The number of furan rings is 1. The molecule has 0 saturated heterocycles. The van der Waals surface area contributed by atoms with Crippen molar-refractivity contribution >= 4 is 28.9 Å². The molecule has 1 unspecified atom stereocenters. The van der Waals surface area contributed by atoms with Crippen molar-refractivity contribution in [3.05, 3.63) is 46.5 Å². The smallest absolute Gasteiger partial charge is 0.257 e. The highest BCUT2D eigenvalue weighted by molar-refractivity contribution is 7.12. The molecule has 0 radical (unpaired) electrons. The van der Waals surface area contributed by atoms with Crippen molar-refractivity contribution in [1.29, 1.82) is 0 Å². The monoisotopic (exact) mass is 360 g/mol. The Morgan fingerprint density at radius 1 is 1.40 bits per heavy atom. The molecule has 25 heavy (non-hydrogen) atoms. The molecule has 8 heteroatoms. The van der Waals surface area contributed by atoms with E-state index in [2.05, 4.69) is 10.4 Å². The van der Waals surface area contributed by atoms with E-state index in [1.807, 2.05) is 23.6 Å². The lowest BCUT2D eigenvalue weighted by atomic mass is 10.1. The third-order valence-electron chi connectivity index (χ3n) is 3.94. The average molecular weight is 360 g/mol. The van der Waals surface area contributed by atoms with Crippen molar-refractivity contribution in [3.8, 4) is 0 Å². The minimum absolute atomic E-state index is 0.103. The molecule has 0 spiro atoms. The number of likely N-dealkylation sites (N-methyl/N-ethyl adjacent to an activating group) is 2. The first-order chi connectivity index (χ1) is 12.1. The van der Waals surface area contributed by atoms with Gasteiger partial charge in [0, 0.05) is 13.5 Å². The normalized spacial score (nSPS) is 17.0. The molecule has 1 aliphatic rings. The van der Waals surface area contributed by atoms with E-state index in [-0.39, 0.29) is 30.9 Å². The van der Waals surface area contributed by atoms with Crippen LogP contribution in [0.15, 0.2) is 45.4 Å². The molecular weight excluding hydrogens is 340 g/mol. The van der Waals surface area contributed by atoms with Crippen LogP contribution in [-0.4, -0.2) is 54.6 Å². The number of hydrogen-bond acceptors (Lipinski definition) is 6. The van der Waals surface area contributed by atoms with Crippen LogP contribution >= 0.6 is 11.3 Å². The van der Waals surface area contributed by atoms with Gasteiger partial charge >= 0.3 is 0 Å². The van der Waals surface area contributed by atoms with Crippen LogP contribution in [-0.2, 0) is 9.59 Å². The van der Waals surface area contributed by atoms with Gasteiger partial charge in [-0.2, -0.15) is 5.10 Å². The molecule has 2 aromatic rings. The Balaban J connectivity index is 1.77. The number of amides is 2. The fraction of sp³-hybridized carbons (Fsp3) is 0.353. The van der Waals surface area contributed by atoms with Crippen LogP contribution in [0.25, 0.3) is 0 Å². The summed E-state index contributed by atoms with van der Waals surface area (Å²) in [6, 6.07) is 7.36. The Labute approximate surface area is 149 Å². The molecule has 0 aliphatic carbocycles. The fourth-order valence-corrected chi connectivity index (χ4v) is 3.44. The zero-order valence-electron chi connectivity index (χ0n) is 14.1. The summed E-state index contributed by atoms with van der Waals surface area (Å²) in [5.41, 5.74) is 0.874. The number of nitrogens with one attached hydrogen (secondary N) is 1. The Morgan fingerprint density at radius 3 is 2.88 bits per heavy atom. The van der Waals surface area contributed by atoms with Gasteiger partial charge < -0.3 is 9.73 Å². The standard InChI is InChI=1S/C17H20N4O3S/c1-18-16(22)10-20(2)11-17(23)21-13(14-5-3-7-24-14)9-12(19-21)15-6-4-8-25-15/h3-8,13H,9-11H2,1-2H3,(H,18,22). The number of rotatable bonds is 6. The van der Waals surface area contributed by atoms with E-state index in [9.17, 15) is 9.59 Å². The fourth-order valence-electron chi connectivity index (χ4n) is 2.72. The predicted octanol–water partition coefficient (Wildman–Crippen LogP) is 1.70. The van der Waals surface area contributed by atoms with Crippen molar-refractivity contribution in [2.45, 2.75) is 12.5 Å². The van der Waals surface area contributed by atoms with Crippen LogP contribution in [0.1, 0.15) is 23.1 Å². The Kier molecular flexibility index (Phi) is 5.30. The SMILES string of the molecule is CNC(=O)CN(C)CC(=O)N1N=C(c2cccs2)CC1c1ccco1. The summed E-state index contributed by atoms with van der Waals surface area (Å²) >= 11 is 1.60. The Morgan fingerprint density at radius 2 is 2.24 bits per heavy atom. The molecule has 2 amide bonds. The summed E-state index contributed by atoms with van der Waals surface area (Å²) in [4.78, 5) is 26.9. The second-order valence-electron chi connectivity index (χ2n) is 5.84. The molecule has 0 fully saturated rings. The van der Waals surface area contributed by atoms with Crippen LogP contribution in [0.3, 0.4) is 0 Å². The highest BCUT2D eigenvalue weighted by Crippen LogP contribution is 2.33. The van der Waals surface area contributed by atoms with Gasteiger partial charge in [0.05, 0.1) is 29.9 Å². The molecule has 132 valence electrons. The largest absolute Gasteiger partial charge is 0.467 e. The highest BCUT2D eigenvalue weighted by Gasteiger charge is 2.35. The number of nitrogens with zero attached hydrogens (tertiary/aromatic N) is 3. The average Bonchev–Trinajstić information content (AvgIpc) is 3.32. The minimum atomic E-state index is -0.256. The zero-order chi connectivity index (χ0) is 17.8. The third-order valence-corrected chi connectivity index (χ3v) is 4.86. The first kappa shape index (κ1) is 17.4. The van der Waals surface area contributed by atoms with E-state index in [0.29, 0.717) is 12.2 Å². The van der Waals surface area contributed by atoms with Crippen LogP contribution < -0.4 is 5.32 Å². The van der Waals surface area contributed by atoms with Gasteiger partial charge in [-0.15, -0.1) is 11.3 Å². The Bertz CT molecular complexity index is 755. The summed E-state index contributed by atoms with van der Waals surface area (Å²) in [7, 11) is 3.30. The van der Waals surface area contributed by atoms with Gasteiger partial charge in [-0.25, -0.2) is 5.01 Å². The summed E-state index contributed by atoms with van der Waals surface area (Å²) in [5.74, 6) is 0.402. The summed E-state index contributed by atoms with van der Waals surface area (Å²) in [6.07, 6.45) is 2.21. The van der Waals surface area contributed by atoms with Crippen LogP contribution in [0.4, 0.5) is 0 Å². The molecule has 1 N–H and O–H groups in total. The molecule has 7 nitrogen and oxygen atoms in total. The van der Waals surface area contributed by atoms with E-state index >= 15 is 0 Å². The van der Waals surface area contributed by atoms with Crippen molar-refractivity contribution in [3.63, 3.8) is 0 Å². The number of hydrogen-bond donors (Lipinski definition) is 1. The second-order valence-corrected chi connectivity index (χ2v) is 6.79. The van der Waals surface area contributed by atoms with Gasteiger partial charge in [0.1, 0.15) is 11.8 Å². The van der Waals surface area contributed by atoms with Crippen molar-refractivity contribution in [1.82, 2.24) is 15.2 Å². The van der Waals surface area contributed by atoms with Crippen LogP contribution in [0, 0.1) is 0 Å². The lowest BCUT2D eigenvalue weighted by molar-refractivity contribution is -0.134. The van der Waals surface area contributed by atoms with E-state index in [0.717, 1.165) is 10.6 Å². The van der Waals surface area contributed by atoms with E-state index in [4.69, 9.17) is 4.42 Å². The van der Waals surface area contributed by atoms with Gasteiger partial charge in [-0.05, 0) is 30.6 Å². The van der Waals surface area contributed by atoms with E-state index in [1.54, 1.807) is 42.7 Å². The van der Waals surface area contributed by atoms with Gasteiger partial charge in [0.2, 0.25) is 5.91 Å². The third kappa shape index (κ3) is 3.97. The number of carbonyl (C=O) groups is 2. The molecular formula is C17H20N4O3S. The van der Waals surface area contributed by atoms with E-state index < -0.39 is 0 Å². The zero-order valence-corrected chi connectivity index (χ0v) is 15.0. The summed E-state index contributed by atoms with van der Waals surface area (Å²) < 4.78 is 5.51. The second kappa shape index (κ2) is 7.62. The summed E-state index contributed by atoms with van der Waals surface area (Å²) in [6.45, 7) is 0.259. The van der Waals surface area contributed by atoms with Crippen LogP contribution in [0.5, 0.6) is 0 Å². The van der Waals surface area contributed by atoms with Crippen LogP contribution in [0.2, 0.25) is 0 Å². The summed E-state index contributed by atoms with van der Waals surface area (Å²) in [5, 5.41) is 10.6. The molecule has 0 saturated carbocycles.